The summed E-state index contributed by atoms with van der Waals surface area (Å²) in [5.41, 5.74) is -0.0579. The van der Waals surface area contributed by atoms with E-state index in [-0.39, 0.29) is 5.92 Å². The Morgan fingerprint density at radius 2 is 1.96 bits per heavy atom. The summed E-state index contributed by atoms with van der Waals surface area (Å²) < 4.78 is 10.2. The molecule has 6 nitrogen and oxygen atoms in total. The number of nitrogens with zero attached hydrogens (tertiary/aromatic N) is 1. The van der Waals surface area contributed by atoms with E-state index in [1.165, 1.54) is 6.08 Å². The van der Waals surface area contributed by atoms with Crippen LogP contribution in [0.2, 0.25) is 0 Å². The maximum absolute atomic E-state index is 12.0. The van der Waals surface area contributed by atoms with Gasteiger partial charge < -0.3 is 14.8 Å². The lowest BCUT2D eigenvalue weighted by Gasteiger charge is -2.22. The summed E-state index contributed by atoms with van der Waals surface area (Å²) in [5, 5.41) is 14.0. The molecule has 0 heterocycles. The van der Waals surface area contributed by atoms with E-state index in [2.05, 4.69) is 11.4 Å². The molecule has 3 rings (SSSR count). The molecule has 6 heteroatoms. The average Bonchev–Trinajstić information content (AvgIpc) is 3.56. The van der Waals surface area contributed by atoms with Crippen LogP contribution in [-0.4, -0.2) is 31.1 Å². The Bertz CT molecular complexity index is 972. The zero-order valence-electron chi connectivity index (χ0n) is 15.9. The number of esters is 1. The van der Waals surface area contributed by atoms with Crippen LogP contribution < -0.4 is 10.1 Å². The first-order valence-electron chi connectivity index (χ1n) is 9.08. The SMILES string of the molecule is COc1ccc2cc(/C=C/C(=O)OCC(=O)N[C@](C)(C#N)C3CC3)ccc2c1. The van der Waals surface area contributed by atoms with Crippen molar-refractivity contribution in [1.82, 2.24) is 5.32 Å². The standard InChI is InChI=1S/C22H22N2O4/c1-22(14-23,18-7-8-18)24-20(25)13-28-21(26)10-4-15-3-5-17-12-19(27-2)9-6-16(17)11-15/h3-6,9-12,18H,7-8,13H2,1-2H3,(H,24,25)/b10-4+/t22-/m1/s1. The molecule has 0 unspecified atom stereocenters. The molecule has 1 saturated carbocycles. The molecular weight excluding hydrogens is 356 g/mol. The number of nitrogens with one attached hydrogen (secondary N) is 1. The second-order valence-electron chi connectivity index (χ2n) is 7.05. The number of methoxy groups -OCH3 is 1. The molecule has 0 radical (unpaired) electrons. The zero-order chi connectivity index (χ0) is 20.1. The summed E-state index contributed by atoms with van der Waals surface area (Å²) in [6, 6.07) is 13.7. The maximum Gasteiger partial charge on any atom is 0.331 e. The van der Waals surface area contributed by atoms with Gasteiger partial charge in [-0.25, -0.2) is 4.79 Å². The van der Waals surface area contributed by atoms with E-state index in [1.54, 1.807) is 20.1 Å². The first-order valence-corrected chi connectivity index (χ1v) is 9.08. The number of ether oxygens (including phenoxy) is 2. The van der Waals surface area contributed by atoms with Gasteiger partial charge in [-0.05, 0) is 66.3 Å². The van der Waals surface area contributed by atoms with Crippen LogP contribution in [0.4, 0.5) is 0 Å². The fourth-order valence-corrected chi connectivity index (χ4v) is 3.03. The number of hydrogen-bond donors (Lipinski definition) is 1. The smallest absolute Gasteiger partial charge is 0.331 e. The van der Waals surface area contributed by atoms with Crippen molar-refractivity contribution in [2.45, 2.75) is 25.3 Å². The molecule has 1 atom stereocenters. The molecule has 2 aromatic rings. The Kier molecular flexibility index (Phi) is 5.65. The molecule has 0 aliphatic heterocycles. The van der Waals surface area contributed by atoms with Crippen molar-refractivity contribution in [1.29, 1.82) is 5.26 Å². The maximum atomic E-state index is 12.0. The van der Waals surface area contributed by atoms with Crippen molar-refractivity contribution < 1.29 is 19.1 Å². The normalized spacial score (nSPS) is 15.6. The Morgan fingerprint density at radius 3 is 2.64 bits per heavy atom. The predicted octanol–water partition coefficient (Wildman–Crippen LogP) is 3.21. The highest BCUT2D eigenvalue weighted by atomic mass is 16.5. The van der Waals surface area contributed by atoms with E-state index in [1.807, 2.05) is 36.4 Å². The van der Waals surface area contributed by atoms with Gasteiger partial charge in [-0.2, -0.15) is 5.26 Å². The van der Waals surface area contributed by atoms with E-state index in [9.17, 15) is 14.9 Å². The number of amides is 1. The molecule has 1 amide bonds. The molecule has 1 fully saturated rings. The minimum absolute atomic E-state index is 0.171. The molecule has 0 aromatic heterocycles. The molecule has 1 aliphatic rings. The van der Waals surface area contributed by atoms with Crippen molar-refractivity contribution >= 4 is 28.7 Å². The summed E-state index contributed by atoms with van der Waals surface area (Å²) in [6.45, 7) is 1.28. The third-order valence-electron chi connectivity index (χ3n) is 4.85. The first kappa shape index (κ1) is 19.4. The van der Waals surface area contributed by atoms with Crippen molar-refractivity contribution in [3.05, 3.63) is 48.0 Å². The van der Waals surface area contributed by atoms with Crippen LogP contribution in [0.15, 0.2) is 42.5 Å². The second kappa shape index (κ2) is 8.13. The van der Waals surface area contributed by atoms with Gasteiger partial charge in [-0.3, -0.25) is 4.79 Å². The molecule has 1 aliphatic carbocycles. The average molecular weight is 378 g/mol. The fraction of sp³-hybridized carbons (Fsp3) is 0.318. The van der Waals surface area contributed by atoms with Gasteiger partial charge in [0.2, 0.25) is 0 Å². The summed E-state index contributed by atoms with van der Waals surface area (Å²) in [6.07, 6.45) is 4.76. The molecule has 2 aromatic carbocycles. The second-order valence-corrected chi connectivity index (χ2v) is 7.05. The van der Waals surface area contributed by atoms with Crippen LogP contribution in [-0.2, 0) is 14.3 Å². The summed E-state index contributed by atoms with van der Waals surface area (Å²) in [5.74, 6) is -0.135. The molecule has 144 valence electrons. The zero-order valence-corrected chi connectivity index (χ0v) is 15.9. The van der Waals surface area contributed by atoms with Crippen molar-refractivity contribution in [2.24, 2.45) is 5.92 Å². The van der Waals surface area contributed by atoms with Gasteiger partial charge in [0.15, 0.2) is 6.61 Å². The van der Waals surface area contributed by atoms with E-state index in [0.717, 1.165) is 34.9 Å². The van der Waals surface area contributed by atoms with Gasteiger partial charge >= 0.3 is 5.97 Å². The van der Waals surface area contributed by atoms with Gasteiger partial charge in [0, 0.05) is 6.08 Å². The minimum Gasteiger partial charge on any atom is -0.497 e. The molecular formula is C22H22N2O4. The number of benzene rings is 2. The fourth-order valence-electron chi connectivity index (χ4n) is 3.03. The minimum atomic E-state index is -0.896. The number of fused-ring (bicyclic) bond motifs is 1. The van der Waals surface area contributed by atoms with Crippen LogP contribution in [0, 0.1) is 17.2 Å². The Labute approximate surface area is 163 Å². The molecule has 0 saturated heterocycles. The topological polar surface area (TPSA) is 88.4 Å². The van der Waals surface area contributed by atoms with Crippen molar-refractivity contribution in [2.75, 3.05) is 13.7 Å². The monoisotopic (exact) mass is 378 g/mol. The Hall–Kier alpha value is -3.33. The van der Waals surface area contributed by atoms with Crippen LogP contribution in [0.3, 0.4) is 0 Å². The van der Waals surface area contributed by atoms with E-state index < -0.39 is 24.0 Å². The van der Waals surface area contributed by atoms with Gasteiger partial charge in [-0.1, -0.05) is 18.2 Å². The highest BCUT2D eigenvalue weighted by molar-refractivity contribution is 5.91. The van der Waals surface area contributed by atoms with Gasteiger partial charge in [0.05, 0.1) is 13.2 Å². The van der Waals surface area contributed by atoms with Crippen LogP contribution in [0.1, 0.15) is 25.3 Å². The van der Waals surface area contributed by atoms with Gasteiger partial charge in [-0.15, -0.1) is 0 Å². The molecule has 28 heavy (non-hydrogen) atoms. The molecule has 0 spiro atoms. The quantitative estimate of drug-likeness (QED) is 0.590. The third-order valence-corrected chi connectivity index (χ3v) is 4.85. The van der Waals surface area contributed by atoms with E-state index >= 15 is 0 Å². The van der Waals surface area contributed by atoms with Crippen LogP contribution in [0.5, 0.6) is 5.75 Å². The van der Waals surface area contributed by atoms with Crippen LogP contribution in [0.25, 0.3) is 16.8 Å². The van der Waals surface area contributed by atoms with Gasteiger partial charge in [0.1, 0.15) is 11.3 Å². The highest BCUT2D eigenvalue weighted by Crippen LogP contribution is 2.39. The Morgan fingerprint density at radius 1 is 1.25 bits per heavy atom. The molecule has 0 bridgehead atoms. The van der Waals surface area contributed by atoms with Crippen LogP contribution >= 0.6 is 0 Å². The highest BCUT2D eigenvalue weighted by Gasteiger charge is 2.43. The Balaban J connectivity index is 1.54. The number of carbonyl (C=O) groups excluding carboxylic acids is 2. The lowest BCUT2D eigenvalue weighted by molar-refractivity contribution is -0.144. The van der Waals surface area contributed by atoms with E-state index in [0.29, 0.717) is 0 Å². The van der Waals surface area contributed by atoms with Crippen molar-refractivity contribution in [3.8, 4) is 11.8 Å². The molecule has 1 N–H and O–H groups in total. The summed E-state index contributed by atoms with van der Waals surface area (Å²) in [7, 11) is 1.62. The number of nitriles is 1. The number of rotatable bonds is 7. The lowest BCUT2D eigenvalue weighted by Crippen LogP contribution is -2.48. The predicted molar refractivity (Wildman–Crippen MR) is 105 cm³/mol. The van der Waals surface area contributed by atoms with E-state index in [4.69, 9.17) is 9.47 Å². The number of carbonyl (C=O) groups is 2. The third kappa shape index (κ3) is 4.68. The largest absolute Gasteiger partial charge is 0.497 e. The number of hydrogen-bond acceptors (Lipinski definition) is 5. The summed E-state index contributed by atoms with van der Waals surface area (Å²) in [4.78, 5) is 23.8. The summed E-state index contributed by atoms with van der Waals surface area (Å²) >= 11 is 0. The van der Waals surface area contributed by atoms with Gasteiger partial charge in [0.25, 0.3) is 5.91 Å². The first-order chi connectivity index (χ1) is 13.4. The lowest BCUT2D eigenvalue weighted by atomic mass is 9.98. The van der Waals surface area contributed by atoms with Crippen molar-refractivity contribution in [3.63, 3.8) is 0 Å².